The maximum atomic E-state index is 13.2. The summed E-state index contributed by atoms with van der Waals surface area (Å²) in [6.07, 6.45) is 1.69. The smallest absolute Gasteiger partial charge is 0.269 e. The molecule has 0 aliphatic rings. The zero-order chi connectivity index (χ0) is 19.9. The van der Waals surface area contributed by atoms with Crippen LogP contribution in [-0.4, -0.2) is 4.92 Å². The van der Waals surface area contributed by atoms with E-state index in [0.717, 1.165) is 11.1 Å². The highest BCUT2D eigenvalue weighted by Crippen LogP contribution is 2.22. The molecule has 0 bridgehead atoms. The quantitative estimate of drug-likeness (QED) is 0.251. The molecule has 0 aliphatic carbocycles. The van der Waals surface area contributed by atoms with Crippen LogP contribution in [0.25, 0.3) is 11.6 Å². The number of nitro groups is 1. The van der Waals surface area contributed by atoms with Crippen molar-refractivity contribution in [3.8, 4) is 11.8 Å². The van der Waals surface area contributed by atoms with Crippen LogP contribution in [0.15, 0.2) is 72.8 Å². The first-order valence-electron chi connectivity index (χ1n) is 8.39. The number of halogens is 1. The van der Waals surface area contributed by atoms with Crippen molar-refractivity contribution in [2.75, 3.05) is 0 Å². The van der Waals surface area contributed by atoms with Gasteiger partial charge in [0, 0.05) is 12.1 Å². The molecular formula is C22H15FN2O3. The lowest BCUT2D eigenvalue weighted by Gasteiger charge is -2.07. The van der Waals surface area contributed by atoms with Crippen LogP contribution in [0, 0.1) is 27.3 Å². The normalized spacial score (nSPS) is 10.9. The predicted octanol–water partition coefficient (Wildman–Crippen LogP) is 5.38. The number of ether oxygens (including phenoxy) is 1. The topological polar surface area (TPSA) is 76.2 Å². The lowest BCUT2D eigenvalue weighted by Crippen LogP contribution is -1.95. The Kier molecular flexibility index (Phi) is 5.78. The van der Waals surface area contributed by atoms with Gasteiger partial charge in [-0.15, -0.1) is 0 Å². The van der Waals surface area contributed by atoms with E-state index in [0.29, 0.717) is 16.9 Å². The molecule has 0 heterocycles. The number of nitro benzene ring substituents is 1. The Bertz CT molecular complexity index is 1050. The minimum atomic E-state index is -0.484. The molecule has 138 valence electrons. The number of non-ortho nitro benzene ring substituents is 1. The summed E-state index contributed by atoms with van der Waals surface area (Å²) >= 11 is 0. The molecule has 0 N–H and O–H groups in total. The van der Waals surface area contributed by atoms with Crippen LogP contribution in [0.5, 0.6) is 5.75 Å². The second-order valence-electron chi connectivity index (χ2n) is 5.96. The lowest BCUT2D eigenvalue weighted by molar-refractivity contribution is -0.384. The number of rotatable bonds is 6. The number of benzene rings is 3. The van der Waals surface area contributed by atoms with Crippen LogP contribution in [-0.2, 0) is 6.61 Å². The molecule has 0 aliphatic heterocycles. The largest absolute Gasteiger partial charge is 0.489 e. The Labute approximate surface area is 161 Å². The Morgan fingerprint density at radius 3 is 2.43 bits per heavy atom. The van der Waals surface area contributed by atoms with Gasteiger partial charge < -0.3 is 4.74 Å². The van der Waals surface area contributed by atoms with E-state index < -0.39 is 4.92 Å². The molecule has 3 aromatic carbocycles. The molecule has 3 rings (SSSR count). The van der Waals surface area contributed by atoms with Gasteiger partial charge in [0.2, 0.25) is 0 Å². The van der Waals surface area contributed by atoms with E-state index in [9.17, 15) is 19.8 Å². The van der Waals surface area contributed by atoms with E-state index in [1.54, 1.807) is 54.6 Å². The third kappa shape index (κ3) is 4.80. The summed E-state index contributed by atoms with van der Waals surface area (Å²) in [5, 5.41) is 20.1. The summed E-state index contributed by atoms with van der Waals surface area (Å²) in [6.45, 7) is 0.249. The highest BCUT2D eigenvalue weighted by atomic mass is 19.1. The summed E-state index contributed by atoms with van der Waals surface area (Å²) in [7, 11) is 0. The van der Waals surface area contributed by atoms with Crippen molar-refractivity contribution in [1.82, 2.24) is 0 Å². The van der Waals surface area contributed by atoms with Crippen molar-refractivity contribution in [2.24, 2.45) is 0 Å². The summed E-state index contributed by atoms with van der Waals surface area (Å²) in [6, 6.07) is 21.2. The second-order valence-corrected chi connectivity index (χ2v) is 5.96. The van der Waals surface area contributed by atoms with Crippen molar-refractivity contribution in [3.63, 3.8) is 0 Å². The molecule has 0 fully saturated rings. The fourth-order valence-corrected chi connectivity index (χ4v) is 2.56. The highest BCUT2D eigenvalue weighted by Gasteiger charge is 2.07. The van der Waals surface area contributed by atoms with Gasteiger partial charge in [-0.2, -0.15) is 5.26 Å². The van der Waals surface area contributed by atoms with E-state index in [2.05, 4.69) is 6.07 Å². The summed E-state index contributed by atoms with van der Waals surface area (Å²) in [5.41, 5.74) is 2.48. The summed E-state index contributed by atoms with van der Waals surface area (Å²) in [4.78, 5) is 10.2. The van der Waals surface area contributed by atoms with Crippen LogP contribution in [0.3, 0.4) is 0 Å². The molecule has 5 nitrogen and oxygen atoms in total. The predicted molar refractivity (Wildman–Crippen MR) is 104 cm³/mol. The zero-order valence-corrected chi connectivity index (χ0v) is 14.7. The standard InChI is InChI=1S/C22H15FN2O3/c23-20-3-1-2-17(13-20)15-28-22-10-4-16(5-11-22)12-19(14-24)18-6-8-21(9-7-18)25(26)27/h1-13H,15H2/b19-12+. The van der Waals surface area contributed by atoms with Crippen LogP contribution in [0.2, 0.25) is 0 Å². The van der Waals surface area contributed by atoms with E-state index in [1.807, 2.05) is 0 Å². The first kappa shape index (κ1) is 18.8. The molecule has 0 spiro atoms. The molecule has 0 unspecified atom stereocenters. The van der Waals surface area contributed by atoms with E-state index in [-0.39, 0.29) is 18.1 Å². The molecular weight excluding hydrogens is 359 g/mol. The number of allylic oxidation sites excluding steroid dienone is 1. The molecule has 0 saturated carbocycles. The third-order valence-corrected chi connectivity index (χ3v) is 4.00. The Morgan fingerprint density at radius 1 is 1.11 bits per heavy atom. The van der Waals surface area contributed by atoms with Gasteiger partial charge in [-0.1, -0.05) is 24.3 Å². The molecule has 0 atom stereocenters. The van der Waals surface area contributed by atoms with E-state index in [1.165, 1.54) is 24.3 Å². The Morgan fingerprint density at radius 2 is 1.82 bits per heavy atom. The first-order chi connectivity index (χ1) is 13.5. The Balaban J connectivity index is 1.71. The Hall–Kier alpha value is -3.98. The van der Waals surface area contributed by atoms with Crippen molar-refractivity contribution < 1.29 is 14.1 Å². The molecule has 28 heavy (non-hydrogen) atoms. The van der Waals surface area contributed by atoms with Gasteiger partial charge in [-0.3, -0.25) is 10.1 Å². The number of hydrogen-bond donors (Lipinski definition) is 0. The number of nitriles is 1. The average molecular weight is 374 g/mol. The second kappa shape index (κ2) is 8.60. The van der Waals surface area contributed by atoms with E-state index >= 15 is 0 Å². The SMILES string of the molecule is N#C/C(=C\c1ccc(OCc2cccc(F)c2)cc1)c1ccc([N+](=O)[O-])cc1. The van der Waals surface area contributed by atoms with Gasteiger partial charge >= 0.3 is 0 Å². The van der Waals surface area contributed by atoms with Gasteiger partial charge in [0.25, 0.3) is 5.69 Å². The minimum Gasteiger partial charge on any atom is -0.489 e. The van der Waals surface area contributed by atoms with Gasteiger partial charge in [-0.05, 0) is 59.2 Å². The monoisotopic (exact) mass is 374 g/mol. The maximum Gasteiger partial charge on any atom is 0.269 e. The maximum absolute atomic E-state index is 13.2. The van der Waals surface area contributed by atoms with Gasteiger partial charge in [0.05, 0.1) is 16.6 Å². The zero-order valence-electron chi connectivity index (χ0n) is 14.7. The molecule has 6 heteroatoms. The molecule has 3 aromatic rings. The van der Waals surface area contributed by atoms with Crippen molar-refractivity contribution in [1.29, 1.82) is 5.26 Å². The van der Waals surface area contributed by atoms with E-state index in [4.69, 9.17) is 4.74 Å². The lowest BCUT2D eigenvalue weighted by atomic mass is 10.0. The van der Waals surface area contributed by atoms with Gasteiger partial charge in [0.1, 0.15) is 18.2 Å². The molecule has 0 saturated heterocycles. The van der Waals surface area contributed by atoms with Crippen molar-refractivity contribution >= 4 is 17.3 Å². The molecule has 0 aromatic heterocycles. The fourth-order valence-electron chi connectivity index (χ4n) is 2.56. The van der Waals surface area contributed by atoms with Crippen LogP contribution < -0.4 is 4.74 Å². The fraction of sp³-hybridized carbons (Fsp3) is 0.0455. The van der Waals surface area contributed by atoms with Gasteiger partial charge in [0.15, 0.2) is 0 Å². The van der Waals surface area contributed by atoms with Crippen molar-refractivity contribution in [2.45, 2.75) is 6.61 Å². The molecule has 0 radical (unpaired) electrons. The molecule has 0 amide bonds. The van der Waals surface area contributed by atoms with Crippen LogP contribution >= 0.6 is 0 Å². The average Bonchev–Trinajstić information content (AvgIpc) is 2.71. The van der Waals surface area contributed by atoms with Crippen LogP contribution in [0.4, 0.5) is 10.1 Å². The first-order valence-corrected chi connectivity index (χ1v) is 8.39. The summed E-state index contributed by atoms with van der Waals surface area (Å²) in [5.74, 6) is 0.312. The van der Waals surface area contributed by atoms with Crippen LogP contribution in [0.1, 0.15) is 16.7 Å². The number of hydrogen-bond acceptors (Lipinski definition) is 4. The number of nitrogens with zero attached hydrogens (tertiary/aromatic N) is 2. The van der Waals surface area contributed by atoms with Gasteiger partial charge in [-0.25, -0.2) is 4.39 Å². The summed E-state index contributed by atoms with van der Waals surface area (Å²) < 4.78 is 18.8. The third-order valence-electron chi connectivity index (χ3n) is 4.00. The van der Waals surface area contributed by atoms with Crippen molar-refractivity contribution in [3.05, 3.63) is 105 Å². The minimum absolute atomic E-state index is 0.0270. The highest BCUT2D eigenvalue weighted by molar-refractivity contribution is 5.89.